The van der Waals surface area contributed by atoms with Gasteiger partial charge in [0.25, 0.3) is 5.56 Å². The van der Waals surface area contributed by atoms with Gasteiger partial charge in [-0.2, -0.15) is 0 Å². The second kappa shape index (κ2) is 19.5. The number of aryl methyl sites for hydroxylation is 1. The maximum absolute atomic E-state index is 11.7. The third-order valence-corrected chi connectivity index (χ3v) is 6.56. The summed E-state index contributed by atoms with van der Waals surface area (Å²) in [5, 5.41) is 61.2. The van der Waals surface area contributed by atoms with Crippen molar-refractivity contribution in [1.82, 2.24) is 14.5 Å². The predicted molar refractivity (Wildman–Crippen MR) is 140 cm³/mol. The molecule has 1 aliphatic rings. The Balaban J connectivity index is 0.000000669. The second-order valence-corrected chi connectivity index (χ2v) is 10.3. The average Bonchev–Trinajstić information content (AvgIpc) is 3.28. The van der Waals surface area contributed by atoms with Gasteiger partial charge in [0.15, 0.2) is 0 Å². The summed E-state index contributed by atoms with van der Waals surface area (Å²) in [6.45, 7) is 4.10. The van der Waals surface area contributed by atoms with Crippen LogP contribution in [0.5, 0.6) is 0 Å². The van der Waals surface area contributed by atoms with E-state index in [4.69, 9.17) is 45.2 Å². The number of phosphoric acid groups is 1. The summed E-state index contributed by atoms with van der Waals surface area (Å²) in [5.41, 5.74) is -1.59. The molecule has 10 N–H and O–H groups in total. The SMILES string of the molecule is CCC(CO)(CO)CO.Cc1cn([C@H]2C[C@H](O)[C@@H](COP(=O)(O)O)O2)c(=O)[nH]c1=O.OCCN(CCO)CCO. The molecule has 1 aliphatic heterocycles. The van der Waals surface area contributed by atoms with E-state index in [9.17, 15) is 19.3 Å². The molecular formula is C22H44N3O14P. The van der Waals surface area contributed by atoms with Gasteiger partial charge in [-0.1, -0.05) is 6.92 Å². The molecule has 236 valence electrons. The monoisotopic (exact) mass is 605 g/mol. The smallest absolute Gasteiger partial charge is 0.396 e. The molecule has 1 aromatic heterocycles. The standard InChI is InChI=1S/C10H15N2O8P.C6H15NO3.C6H14O3/c1-5-3-12(10(15)11-9(5)14)8-2-6(13)7(20-8)4-19-21(16,17)18;8-4-1-7(2-5-9)3-6-10;1-2-6(3-7,4-8)5-9/h3,6-8,13H,2,4H2,1H3,(H,11,14,15)(H2,16,17,18);8-10H,1-6H2;7-9H,2-5H2,1H3/t6-,7+,8+;;/m0../s1. The van der Waals surface area contributed by atoms with Crippen molar-refractivity contribution in [3.05, 3.63) is 32.6 Å². The van der Waals surface area contributed by atoms with E-state index in [0.717, 1.165) is 4.57 Å². The van der Waals surface area contributed by atoms with Crippen LogP contribution in [0.2, 0.25) is 0 Å². The minimum atomic E-state index is -4.67. The van der Waals surface area contributed by atoms with Gasteiger partial charge in [-0.3, -0.25) is 23.8 Å². The highest BCUT2D eigenvalue weighted by atomic mass is 31.2. The van der Waals surface area contributed by atoms with E-state index >= 15 is 0 Å². The number of rotatable bonds is 14. The van der Waals surface area contributed by atoms with Gasteiger partial charge in [0.1, 0.15) is 12.3 Å². The van der Waals surface area contributed by atoms with Crippen molar-refractivity contribution in [2.45, 2.75) is 45.1 Å². The molecule has 0 aromatic carbocycles. The summed E-state index contributed by atoms with van der Waals surface area (Å²) in [4.78, 5) is 44.1. The third-order valence-electron chi connectivity index (χ3n) is 6.07. The van der Waals surface area contributed by atoms with E-state index in [1.165, 1.54) is 13.1 Å². The maximum atomic E-state index is 11.7. The van der Waals surface area contributed by atoms with Gasteiger partial charge in [0, 0.05) is 43.2 Å². The Kier molecular flexibility index (Phi) is 18.8. The van der Waals surface area contributed by atoms with Crippen LogP contribution in [0.4, 0.5) is 0 Å². The molecule has 2 rings (SSSR count). The first-order valence-corrected chi connectivity index (χ1v) is 14.0. The molecule has 18 heteroatoms. The Morgan fingerprint density at radius 1 is 1.05 bits per heavy atom. The normalized spacial score (nSPS) is 19.1. The van der Waals surface area contributed by atoms with E-state index in [1.807, 2.05) is 6.92 Å². The van der Waals surface area contributed by atoms with Gasteiger partial charge in [-0.25, -0.2) is 9.36 Å². The first-order valence-electron chi connectivity index (χ1n) is 12.5. The predicted octanol–water partition coefficient (Wildman–Crippen LogP) is -3.77. The molecule has 3 atom stereocenters. The molecule has 2 heterocycles. The Labute approximate surface area is 231 Å². The Morgan fingerprint density at radius 3 is 1.93 bits per heavy atom. The summed E-state index contributed by atoms with van der Waals surface area (Å²) in [6.07, 6.45) is -0.974. The Morgan fingerprint density at radius 2 is 1.55 bits per heavy atom. The molecule has 17 nitrogen and oxygen atoms in total. The Hall–Kier alpha value is -1.57. The summed E-state index contributed by atoms with van der Waals surface area (Å²) in [5.74, 6) is 0. The summed E-state index contributed by atoms with van der Waals surface area (Å²) >= 11 is 0. The molecule has 40 heavy (non-hydrogen) atoms. The highest BCUT2D eigenvalue weighted by molar-refractivity contribution is 7.46. The largest absolute Gasteiger partial charge is 0.469 e. The van der Waals surface area contributed by atoms with Gasteiger partial charge in [0.05, 0.1) is 52.4 Å². The lowest BCUT2D eigenvalue weighted by atomic mass is 9.88. The number of aromatic amines is 1. The molecule has 0 spiro atoms. The number of H-pyrrole nitrogens is 1. The van der Waals surface area contributed by atoms with Crippen LogP contribution in [0.25, 0.3) is 0 Å². The van der Waals surface area contributed by atoms with Crippen LogP contribution in [0.3, 0.4) is 0 Å². The molecule has 0 aliphatic carbocycles. The highest BCUT2D eigenvalue weighted by Crippen LogP contribution is 2.38. The van der Waals surface area contributed by atoms with Crippen LogP contribution in [0.1, 0.15) is 31.6 Å². The van der Waals surface area contributed by atoms with Crippen LogP contribution in [0, 0.1) is 12.3 Å². The van der Waals surface area contributed by atoms with E-state index in [-0.39, 0.29) is 46.1 Å². The summed E-state index contributed by atoms with van der Waals surface area (Å²) in [6, 6.07) is 0. The number of aliphatic hydroxyl groups is 7. The van der Waals surface area contributed by atoms with Crippen LogP contribution in [0.15, 0.2) is 15.8 Å². The minimum absolute atomic E-state index is 0.0283. The van der Waals surface area contributed by atoms with Crippen LogP contribution in [-0.2, 0) is 13.8 Å². The molecule has 0 bridgehead atoms. The third kappa shape index (κ3) is 13.9. The number of ether oxygens (including phenoxy) is 1. The summed E-state index contributed by atoms with van der Waals surface area (Å²) < 4.78 is 21.4. The van der Waals surface area contributed by atoms with Gasteiger partial charge in [0.2, 0.25) is 0 Å². The molecule has 1 aromatic rings. The fraction of sp³-hybridized carbons (Fsp3) is 0.818. The molecule has 0 amide bonds. The fourth-order valence-corrected chi connectivity index (χ4v) is 3.59. The number of aromatic nitrogens is 2. The number of aliphatic hydroxyl groups excluding tert-OH is 7. The van der Waals surface area contributed by atoms with Gasteiger partial charge >= 0.3 is 13.5 Å². The van der Waals surface area contributed by atoms with Crippen LogP contribution < -0.4 is 11.2 Å². The van der Waals surface area contributed by atoms with Crippen molar-refractivity contribution >= 4 is 7.82 Å². The number of hydrogen-bond acceptors (Lipinski definition) is 13. The first kappa shape index (κ1) is 38.4. The number of phosphoric ester groups is 1. The molecular weight excluding hydrogens is 561 g/mol. The zero-order chi connectivity index (χ0) is 30.9. The number of nitrogens with zero attached hydrogens (tertiary/aromatic N) is 2. The van der Waals surface area contributed by atoms with E-state index < -0.39 is 49.5 Å². The molecule has 0 unspecified atom stereocenters. The zero-order valence-corrected chi connectivity index (χ0v) is 23.6. The lowest BCUT2D eigenvalue weighted by Gasteiger charge is -2.24. The van der Waals surface area contributed by atoms with Crippen LogP contribution in [-0.4, -0.2) is 138 Å². The van der Waals surface area contributed by atoms with E-state index in [2.05, 4.69) is 9.51 Å². The van der Waals surface area contributed by atoms with Crippen molar-refractivity contribution in [3.63, 3.8) is 0 Å². The number of nitrogens with one attached hydrogen (secondary N) is 1. The van der Waals surface area contributed by atoms with Crippen molar-refractivity contribution < 1.29 is 59.4 Å². The minimum Gasteiger partial charge on any atom is -0.396 e. The Bertz CT molecular complexity index is 948. The molecule has 0 radical (unpaired) electrons. The van der Waals surface area contributed by atoms with E-state index in [0.29, 0.717) is 31.6 Å². The quantitative estimate of drug-likeness (QED) is 0.0911. The fourth-order valence-electron chi connectivity index (χ4n) is 3.25. The molecule has 1 fully saturated rings. The zero-order valence-electron chi connectivity index (χ0n) is 22.7. The van der Waals surface area contributed by atoms with Crippen molar-refractivity contribution in [3.8, 4) is 0 Å². The van der Waals surface area contributed by atoms with Gasteiger partial charge in [-0.15, -0.1) is 0 Å². The highest BCUT2D eigenvalue weighted by Gasteiger charge is 2.37. The summed E-state index contributed by atoms with van der Waals surface area (Å²) in [7, 11) is -4.67. The molecule has 1 saturated heterocycles. The van der Waals surface area contributed by atoms with Crippen molar-refractivity contribution in [1.29, 1.82) is 0 Å². The van der Waals surface area contributed by atoms with Gasteiger partial charge in [-0.05, 0) is 13.3 Å². The maximum Gasteiger partial charge on any atom is 0.469 e. The van der Waals surface area contributed by atoms with Gasteiger partial charge < -0.3 is 50.3 Å². The lowest BCUT2D eigenvalue weighted by Crippen LogP contribution is -2.33. The topological polar surface area (TPSA) is 276 Å². The number of hydrogen-bond donors (Lipinski definition) is 10. The van der Waals surface area contributed by atoms with E-state index in [1.54, 1.807) is 4.90 Å². The molecule has 0 saturated carbocycles. The van der Waals surface area contributed by atoms with Crippen molar-refractivity contribution in [2.75, 3.05) is 65.9 Å². The van der Waals surface area contributed by atoms with Crippen LogP contribution >= 0.6 is 7.82 Å². The first-order chi connectivity index (χ1) is 18.8. The average molecular weight is 606 g/mol. The van der Waals surface area contributed by atoms with Crippen molar-refractivity contribution in [2.24, 2.45) is 5.41 Å². The second-order valence-electron chi connectivity index (χ2n) is 9.04. The lowest BCUT2D eigenvalue weighted by molar-refractivity contribution is -0.0451.